The number of carbonyl (C=O) groups excluding carboxylic acids is 2. The molecule has 0 radical (unpaired) electrons. The van der Waals surface area contributed by atoms with E-state index >= 15 is 0 Å². The first kappa shape index (κ1) is 18.4. The van der Waals surface area contributed by atoms with E-state index in [1.165, 1.54) is 0 Å². The lowest BCUT2D eigenvalue weighted by molar-refractivity contribution is -0.140. The van der Waals surface area contributed by atoms with Crippen molar-refractivity contribution in [2.75, 3.05) is 32.8 Å². The quantitative estimate of drug-likeness (QED) is 0.815. The molecule has 132 valence electrons. The van der Waals surface area contributed by atoms with E-state index in [0.717, 1.165) is 0 Å². The molecule has 2 amide bonds. The van der Waals surface area contributed by atoms with Crippen molar-refractivity contribution in [1.29, 1.82) is 0 Å². The second kappa shape index (κ2) is 8.78. The van der Waals surface area contributed by atoms with Crippen molar-refractivity contribution in [2.45, 2.75) is 26.4 Å². The lowest BCUT2D eigenvalue weighted by Gasteiger charge is -2.35. The van der Waals surface area contributed by atoms with Gasteiger partial charge in [0.2, 0.25) is 0 Å². The van der Waals surface area contributed by atoms with Crippen molar-refractivity contribution in [1.82, 2.24) is 9.80 Å². The van der Waals surface area contributed by atoms with E-state index in [1.54, 1.807) is 28.9 Å². The van der Waals surface area contributed by atoms with E-state index in [1.807, 2.05) is 19.1 Å². The fraction of sp³-hybridized carbons (Fsp3) is 0.529. The van der Waals surface area contributed by atoms with Crippen molar-refractivity contribution >= 4 is 23.6 Å². The first-order chi connectivity index (χ1) is 11.6. The van der Waals surface area contributed by atoms with Crippen LogP contribution in [0.25, 0.3) is 0 Å². The van der Waals surface area contributed by atoms with Gasteiger partial charge in [0, 0.05) is 26.2 Å². The zero-order chi connectivity index (χ0) is 17.5. The van der Waals surface area contributed by atoms with E-state index < -0.39 is 6.10 Å². The van der Waals surface area contributed by atoms with Gasteiger partial charge in [0.1, 0.15) is 5.75 Å². The molecule has 0 aliphatic carbocycles. The Labute approximate surface area is 147 Å². The molecule has 0 aromatic heterocycles. The average Bonchev–Trinajstić information content (AvgIpc) is 2.61. The number of hydrogen-bond acceptors (Lipinski definition) is 4. The summed E-state index contributed by atoms with van der Waals surface area (Å²) in [4.78, 5) is 27.7. The number of nitrogens with zero attached hydrogens (tertiary/aromatic N) is 2. The lowest BCUT2D eigenvalue weighted by Crippen LogP contribution is -2.53. The minimum absolute atomic E-state index is 0.0825. The Kier molecular flexibility index (Phi) is 6.73. The second-order valence-electron chi connectivity index (χ2n) is 5.46. The van der Waals surface area contributed by atoms with Crippen LogP contribution in [0, 0.1) is 0 Å². The first-order valence-corrected chi connectivity index (χ1v) is 8.56. The Balaban J connectivity index is 1.93. The molecular weight excluding hydrogens is 332 g/mol. The molecule has 1 heterocycles. The summed E-state index contributed by atoms with van der Waals surface area (Å²) in [6, 6.07) is 7.10. The van der Waals surface area contributed by atoms with E-state index in [0.29, 0.717) is 50.0 Å². The third-order valence-electron chi connectivity index (χ3n) is 3.87. The lowest BCUT2D eigenvalue weighted by atomic mass is 10.2. The van der Waals surface area contributed by atoms with Crippen LogP contribution in [0.4, 0.5) is 4.79 Å². The van der Waals surface area contributed by atoms with Crippen LogP contribution in [0.1, 0.15) is 20.3 Å². The number of piperazine rings is 1. The van der Waals surface area contributed by atoms with E-state index in [4.69, 9.17) is 21.1 Å². The zero-order valence-corrected chi connectivity index (χ0v) is 14.8. The molecule has 0 saturated carbocycles. The SMILES string of the molecule is CCOC(=O)N1CCN(C(=O)[C@H](CC)Oc2ccccc2Cl)CC1. The third kappa shape index (κ3) is 4.54. The summed E-state index contributed by atoms with van der Waals surface area (Å²) in [6.07, 6.45) is -0.370. The van der Waals surface area contributed by atoms with Gasteiger partial charge >= 0.3 is 6.09 Å². The minimum Gasteiger partial charge on any atom is -0.479 e. The predicted octanol–water partition coefficient (Wildman–Crippen LogP) is 2.80. The van der Waals surface area contributed by atoms with Gasteiger partial charge < -0.3 is 19.3 Å². The summed E-state index contributed by atoms with van der Waals surface area (Å²) in [6.45, 7) is 5.89. The van der Waals surface area contributed by atoms with Crippen LogP contribution in [-0.2, 0) is 9.53 Å². The number of rotatable bonds is 5. The van der Waals surface area contributed by atoms with Crippen LogP contribution < -0.4 is 4.74 Å². The summed E-state index contributed by atoms with van der Waals surface area (Å²) in [5.41, 5.74) is 0. The average molecular weight is 355 g/mol. The van der Waals surface area contributed by atoms with Gasteiger partial charge in [0.05, 0.1) is 11.6 Å². The highest BCUT2D eigenvalue weighted by molar-refractivity contribution is 6.32. The Morgan fingerprint density at radius 3 is 2.33 bits per heavy atom. The van der Waals surface area contributed by atoms with Crippen LogP contribution >= 0.6 is 11.6 Å². The van der Waals surface area contributed by atoms with Crippen LogP contribution in [0.15, 0.2) is 24.3 Å². The highest BCUT2D eigenvalue weighted by atomic mass is 35.5. The molecule has 0 N–H and O–H groups in total. The number of ether oxygens (including phenoxy) is 2. The highest BCUT2D eigenvalue weighted by Gasteiger charge is 2.29. The molecule has 0 unspecified atom stereocenters. The molecule has 1 aromatic carbocycles. The summed E-state index contributed by atoms with van der Waals surface area (Å²) in [5, 5.41) is 0.482. The smallest absolute Gasteiger partial charge is 0.409 e. The maximum Gasteiger partial charge on any atom is 0.409 e. The molecule has 7 heteroatoms. The van der Waals surface area contributed by atoms with E-state index in [-0.39, 0.29) is 12.0 Å². The molecule has 2 rings (SSSR count). The van der Waals surface area contributed by atoms with Crippen molar-refractivity contribution in [2.24, 2.45) is 0 Å². The normalized spacial score (nSPS) is 15.8. The summed E-state index contributed by atoms with van der Waals surface area (Å²) < 4.78 is 10.8. The van der Waals surface area contributed by atoms with Gasteiger partial charge in [-0.3, -0.25) is 4.79 Å². The molecule has 1 aliphatic rings. The van der Waals surface area contributed by atoms with Gasteiger partial charge in [-0.25, -0.2) is 4.79 Å². The zero-order valence-electron chi connectivity index (χ0n) is 14.0. The topological polar surface area (TPSA) is 59.1 Å². The Bertz CT molecular complexity index is 573. The summed E-state index contributed by atoms with van der Waals surface area (Å²) >= 11 is 6.09. The maximum atomic E-state index is 12.7. The first-order valence-electron chi connectivity index (χ1n) is 8.18. The largest absolute Gasteiger partial charge is 0.479 e. The van der Waals surface area contributed by atoms with Crippen LogP contribution in [0.5, 0.6) is 5.75 Å². The van der Waals surface area contributed by atoms with Crippen LogP contribution in [0.2, 0.25) is 5.02 Å². The van der Waals surface area contributed by atoms with Gasteiger partial charge in [-0.05, 0) is 25.5 Å². The molecule has 24 heavy (non-hydrogen) atoms. The Morgan fingerprint density at radius 1 is 1.12 bits per heavy atom. The second-order valence-corrected chi connectivity index (χ2v) is 5.86. The number of halogens is 1. The Morgan fingerprint density at radius 2 is 1.75 bits per heavy atom. The van der Waals surface area contributed by atoms with Gasteiger partial charge in [-0.1, -0.05) is 30.7 Å². The van der Waals surface area contributed by atoms with Gasteiger partial charge in [-0.2, -0.15) is 0 Å². The molecule has 1 saturated heterocycles. The van der Waals surface area contributed by atoms with E-state index in [9.17, 15) is 9.59 Å². The van der Waals surface area contributed by atoms with Gasteiger partial charge in [-0.15, -0.1) is 0 Å². The minimum atomic E-state index is -0.584. The Hall–Kier alpha value is -1.95. The molecular formula is C17H23ClN2O4. The number of amides is 2. The monoisotopic (exact) mass is 354 g/mol. The summed E-state index contributed by atoms with van der Waals surface area (Å²) in [7, 11) is 0. The van der Waals surface area contributed by atoms with Crippen LogP contribution in [0.3, 0.4) is 0 Å². The van der Waals surface area contributed by atoms with Crippen molar-refractivity contribution < 1.29 is 19.1 Å². The molecule has 1 aliphatic heterocycles. The van der Waals surface area contributed by atoms with E-state index in [2.05, 4.69) is 0 Å². The summed E-state index contributed by atoms with van der Waals surface area (Å²) in [5.74, 6) is 0.422. The number of hydrogen-bond donors (Lipinski definition) is 0. The van der Waals surface area contributed by atoms with Gasteiger partial charge in [0.15, 0.2) is 6.10 Å². The predicted molar refractivity (Wildman–Crippen MR) is 91.3 cm³/mol. The molecule has 0 bridgehead atoms. The fourth-order valence-corrected chi connectivity index (χ4v) is 2.71. The number of carbonyl (C=O) groups is 2. The number of benzene rings is 1. The van der Waals surface area contributed by atoms with Crippen LogP contribution in [-0.4, -0.2) is 60.7 Å². The molecule has 1 fully saturated rings. The van der Waals surface area contributed by atoms with Gasteiger partial charge in [0.25, 0.3) is 5.91 Å². The number of para-hydroxylation sites is 1. The third-order valence-corrected chi connectivity index (χ3v) is 4.18. The van der Waals surface area contributed by atoms with Crippen molar-refractivity contribution in [3.05, 3.63) is 29.3 Å². The standard InChI is InChI=1S/C17H23ClN2O4/c1-3-14(24-15-8-6-5-7-13(15)18)16(21)19-9-11-20(12-10-19)17(22)23-4-2/h5-8,14H,3-4,9-12H2,1-2H3/t14-/m0/s1. The maximum absolute atomic E-state index is 12.7. The molecule has 0 spiro atoms. The highest BCUT2D eigenvalue weighted by Crippen LogP contribution is 2.25. The fourth-order valence-electron chi connectivity index (χ4n) is 2.53. The molecule has 6 nitrogen and oxygen atoms in total. The molecule has 1 aromatic rings. The van der Waals surface area contributed by atoms with Crippen molar-refractivity contribution in [3.8, 4) is 5.75 Å². The molecule has 1 atom stereocenters. The van der Waals surface area contributed by atoms with Crippen molar-refractivity contribution in [3.63, 3.8) is 0 Å².